The molecule has 0 aliphatic rings. The van der Waals surface area contributed by atoms with Gasteiger partial charge in [0.25, 0.3) is 5.91 Å². The van der Waals surface area contributed by atoms with Gasteiger partial charge in [0.2, 0.25) is 0 Å². The van der Waals surface area contributed by atoms with Crippen LogP contribution in [0, 0.1) is 0 Å². The molecular formula is C14H19N5O. The van der Waals surface area contributed by atoms with E-state index >= 15 is 0 Å². The third-order valence-electron chi connectivity index (χ3n) is 2.78. The first-order chi connectivity index (χ1) is 9.69. The van der Waals surface area contributed by atoms with Gasteiger partial charge in [0.15, 0.2) is 0 Å². The SMILES string of the molecule is CCNc1cc(C(=O)NC(C)Cn2cccn2)ccn1. The number of nitrogens with zero attached hydrogens (tertiary/aromatic N) is 3. The minimum atomic E-state index is -0.105. The van der Waals surface area contributed by atoms with Crippen LogP contribution in [0.25, 0.3) is 0 Å². The van der Waals surface area contributed by atoms with E-state index in [2.05, 4.69) is 20.7 Å². The van der Waals surface area contributed by atoms with Crippen molar-refractivity contribution < 1.29 is 4.79 Å². The molecule has 0 aliphatic carbocycles. The predicted octanol–water partition coefficient (Wildman–Crippen LogP) is 1.53. The summed E-state index contributed by atoms with van der Waals surface area (Å²) >= 11 is 0. The second-order valence-corrected chi connectivity index (χ2v) is 4.56. The Bertz CT molecular complexity index is 552. The van der Waals surface area contributed by atoms with Gasteiger partial charge in [-0.3, -0.25) is 9.48 Å². The van der Waals surface area contributed by atoms with E-state index < -0.39 is 0 Å². The Morgan fingerprint density at radius 1 is 1.45 bits per heavy atom. The van der Waals surface area contributed by atoms with Crippen LogP contribution in [0.3, 0.4) is 0 Å². The molecule has 2 rings (SSSR count). The van der Waals surface area contributed by atoms with Gasteiger partial charge >= 0.3 is 0 Å². The first kappa shape index (κ1) is 14.0. The Morgan fingerprint density at radius 3 is 3.00 bits per heavy atom. The molecule has 2 heterocycles. The number of anilines is 1. The van der Waals surface area contributed by atoms with Crippen molar-refractivity contribution in [3.63, 3.8) is 0 Å². The molecule has 1 amide bonds. The zero-order chi connectivity index (χ0) is 14.4. The molecule has 1 atom stereocenters. The number of pyridine rings is 1. The lowest BCUT2D eigenvalue weighted by Gasteiger charge is -2.14. The number of nitrogens with one attached hydrogen (secondary N) is 2. The minimum Gasteiger partial charge on any atom is -0.370 e. The number of carbonyl (C=O) groups is 1. The molecule has 0 saturated carbocycles. The van der Waals surface area contributed by atoms with Crippen molar-refractivity contribution >= 4 is 11.7 Å². The van der Waals surface area contributed by atoms with Gasteiger partial charge in [-0.1, -0.05) is 0 Å². The summed E-state index contributed by atoms with van der Waals surface area (Å²) in [6, 6.07) is 5.31. The fourth-order valence-electron chi connectivity index (χ4n) is 1.89. The summed E-state index contributed by atoms with van der Waals surface area (Å²) in [7, 11) is 0. The molecular weight excluding hydrogens is 254 g/mol. The van der Waals surface area contributed by atoms with E-state index in [1.54, 1.807) is 29.2 Å². The van der Waals surface area contributed by atoms with Crippen molar-refractivity contribution in [2.24, 2.45) is 0 Å². The second-order valence-electron chi connectivity index (χ2n) is 4.56. The van der Waals surface area contributed by atoms with Crippen LogP contribution in [0.1, 0.15) is 24.2 Å². The second kappa shape index (κ2) is 6.70. The molecule has 0 bridgehead atoms. The summed E-state index contributed by atoms with van der Waals surface area (Å²) in [4.78, 5) is 16.3. The van der Waals surface area contributed by atoms with Gasteiger partial charge in [-0.05, 0) is 32.0 Å². The molecule has 0 spiro atoms. The van der Waals surface area contributed by atoms with Crippen LogP contribution in [0.15, 0.2) is 36.8 Å². The van der Waals surface area contributed by atoms with E-state index in [4.69, 9.17) is 0 Å². The van der Waals surface area contributed by atoms with Crippen molar-refractivity contribution in [1.82, 2.24) is 20.1 Å². The van der Waals surface area contributed by atoms with Crippen molar-refractivity contribution in [3.8, 4) is 0 Å². The lowest BCUT2D eigenvalue weighted by Crippen LogP contribution is -2.35. The van der Waals surface area contributed by atoms with Crippen molar-refractivity contribution in [3.05, 3.63) is 42.4 Å². The van der Waals surface area contributed by atoms with Crippen molar-refractivity contribution in [1.29, 1.82) is 0 Å². The van der Waals surface area contributed by atoms with Crippen molar-refractivity contribution in [2.45, 2.75) is 26.4 Å². The largest absolute Gasteiger partial charge is 0.370 e. The quantitative estimate of drug-likeness (QED) is 0.837. The number of amides is 1. The summed E-state index contributed by atoms with van der Waals surface area (Å²) in [5, 5.41) is 10.2. The minimum absolute atomic E-state index is 0.00171. The first-order valence-electron chi connectivity index (χ1n) is 6.67. The summed E-state index contributed by atoms with van der Waals surface area (Å²) in [5.74, 6) is 0.603. The van der Waals surface area contributed by atoms with Gasteiger partial charge in [0.1, 0.15) is 5.82 Å². The van der Waals surface area contributed by atoms with Crippen LogP contribution in [-0.2, 0) is 6.54 Å². The Labute approximate surface area is 118 Å². The molecule has 0 fully saturated rings. The summed E-state index contributed by atoms with van der Waals surface area (Å²) in [5.41, 5.74) is 0.600. The topological polar surface area (TPSA) is 71.8 Å². The van der Waals surface area contributed by atoms with Crippen LogP contribution >= 0.6 is 0 Å². The van der Waals surface area contributed by atoms with Gasteiger partial charge in [0.05, 0.1) is 6.54 Å². The number of carbonyl (C=O) groups excluding carboxylic acids is 1. The highest BCUT2D eigenvalue weighted by Crippen LogP contribution is 2.07. The maximum absolute atomic E-state index is 12.1. The van der Waals surface area contributed by atoms with Gasteiger partial charge in [-0.25, -0.2) is 4.98 Å². The Balaban J connectivity index is 1.95. The fraction of sp³-hybridized carbons (Fsp3) is 0.357. The maximum Gasteiger partial charge on any atom is 0.251 e. The van der Waals surface area contributed by atoms with Crippen LogP contribution in [0.5, 0.6) is 0 Å². The van der Waals surface area contributed by atoms with Gasteiger partial charge in [0, 0.05) is 36.7 Å². The number of hydrogen-bond donors (Lipinski definition) is 2. The normalized spacial score (nSPS) is 11.9. The number of rotatable bonds is 6. The summed E-state index contributed by atoms with van der Waals surface area (Å²) in [6.07, 6.45) is 5.23. The Morgan fingerprint density at radius 2 is 2.30 bits per heavy atom. The third kappa shape index (κ3) is 3.81. The first-order valence-corrected chi connectivity index (χ1v) is 6.67. The fourth-order valence-corrected chi connectivity index (χ4v) is 1.89. The molecule has 6 nitrogen and oxygen atoms in total. The molecule has 2 aromatic heterocycles. The van der Waals surface area contributed by atoms with Gasteiger partial charge < -0.3 is 10.6 Å². The molecule has 0 saturated heterocycles. The van der Waals surface area contributed by atoms with Crippen LogP contribution in [0.2, 0.25) is 0 Å². The molecule has 0 aliphatic heterocycles. The van der Waals surface area contributed by atoms with E-state index in [1.807, 2.05) is 26.1 Å². The average molecular weight is 273 g/mol. The Kier molecular flexibility index (Phi) is 4.70. The average Bonchev–Trinajstić information content (AvgIpc) is 2.92. The van der Waals surface area contributed by atoms with Gasteiger partial charge in [-0.15, -0.1) is 0 Å². The third-order valence-corrected chi connectivity index (χ3v) is 2.78. The highest BCUT2D eigenvalue weighted by atomic mass is 16.1. The molecule has 20 heavy (non-hydrogen) atoms. The maximum atomic E-state index is 12.1. The van der Waals surface area contributed by atoms with E-state index in [9.17, 15) is 4.79 Å². The molecule has 6 heteroatoms. The highest BCUT2D eigenvalue weighted by molar-refractivity contribution is 5.94. The van der Waals surface area contributed by atoms with E-state index in [1.165, 1.54) is 0 Å². The van der Waals surface area contributed by atoms with Crippen LogP contribution < -0.4 is 10.6 Å². The lowest BCUT2D eigenvalue weighted by atomic mass is 10.2. The Hall–Kier alpha value is -2.37. The molecule has 2 N–H and O–H groups in total. The van der Waals surface area contributed by atoms with E-state index in [0.717, 1.165) is 6.54 Å². The summed E-state index contributed by atoms with van der Waals surface area (Å²) < 4.78 is 1.79. The standard InChI is InChI=1S/C14H19N5O/c1-3-15-13-9-12(5-7-16-13)14(20)18-11(2)10-19-8-4-6-17-19/h4-9,11H,3,10H2,1-2H3,(H,15,16)(H,18,20). The molecule has 2 aromatic rings. The van der Waals surface area contributed by atoms with E-state index in [0.29, 0.717) is 17.9 Å². The van der Waals surface area contributed by atoms with Crippen LogP contribution in [-0.4, -0.2) is 33.3 Å². The van der Waals surface area contributed by atoms with E-state index in [-0.39, 0.29) is 11.9 Å². The summed E-state index contributed by atoms with van der Waals surface area (Å²) in [6.45, 7) is 5.35. The predicted molar refractivity (Wildman–Crippen MR) is 77.6 cm³/mol. The molecule has 0 aromatic carbocycles. The number of hydrogen-bond acceptors (Lipinski definition) is 4. The highest BCUT2D eigenvalue weighted by Gasteiger charge is 2.11. The van der Waals surface area contributed by atoms with Crippen molar-refractivity contribution in [2.75, 3.05) is 11.9 Å². The molecule has 1 unspecified atom stereocenters. The van der Waals surface area contributed by atoms with Crippen LogP contribution in [0.4, 0.5) is 5.82 Å². The lowest BCUT2D eigenvalue weighted by molar-refractivity contribution is 0.0936. The zero-order valence-corrected chi connectivity index (χ0v) is 11.7. The number of aromatic nitrogens is 3. The monoisotopic (exact) mass is 273 g/mol. The molecule has 106 valence electrons. The van der Waals surface area contributed by atoms with Gasteiger partial charge in [-0.2, -0.15) is 5.10 Å². The smallest absolute Gasteiger partial charge is 0.251 e. The molecule has 0 radical (unpaired) electrons. The zero-order valence-electron chi connectivity index (χ0n) is 11.7.